The van der Waals surface area contributed by atoms with Gasteiger partial charge in [-0.05, 0) is 18.6 Å². The van der Waals surface area contributed by atoms with Gasteiger partial charge in [-0.1, -0.05) is 62.1 Å². The van der Waals surface area contributed by atoms with Crippen LogP contribution in [0.25, 0.3) is 0 Å². The van der Waals surface area contributed by atoms with E-state index in [9.17, 15) is 5.11 Å². The van der Waals surface area contributed by atoms with E-state index in [4.69, 9.17) is 0 Å². The van der Waals surface area contributed by atoms with Crippen molar-refractivity contribution in [2.45, 2.75) is 25.2 Å². The molecule has 2 atom stereocenters. The molecule has 96 valence electrons. The van der Waals surface area contributed by atoms with Gasteiger partial charge in [0.15, 0.2) is 0 Å². The number of hydrogen-bond donors (Lipinski definition) is 1. The molecule has 1 rings (SSSR count). The second-order valence-electron chi connectivity index (χ2n) is 3.98. The van der Waals surface area contributed by atoms with Gasteiger partial charge < -0.3 is 5.11 Å². The fourth-order valence-corrected chi connectivity index (χ4v) is 2.72. The molecular weight excluding hydrogens is 240 g/mol. The third-order valence-corrected chi connectivity index (χ3v) is 3.69. The van der Waals surface area contributed by atoms with E-state index in [1.54, 1.807) is 17.8 Å². The van der Waals surface area contributed by atoms with Gasteiger partial charge in [0.1, 0.15) is 0 Å². The van der Waals surface area contributed by atoms with Crippen molar-refractivity contribution in [3.63, 3.8) is 0 Å². The van der Waals surface area contributed by atoms with Crippen LogP contribution in [-0.4, -0.2) is 10.4 Å². The van der Waals surface area contributed by atoms with Crippen LogP contribution >= 0.6 is 11.8 Å². The molecule has 1 aromatic carbocycles. The average molecular weight is 260 g/mol. The summed E-state index contributed by atoms with van der Waals surface area (Å²) >= 11 is 1.65. The maximum Gasteiger partial charge on any atom is 0.0909 e. The maximum absolute atomic E-state index is 10.3. The molecule has 0 spiro atoms. The second kappa shape index (κ2) is 7.96. The van der Waals surface area contributed by atoms with Gasteiger partial charge in [0, 0.05) is 10.2 Å². The van der Waals surface area contributed by atoms with Crippen molar-refractivity contribution in [3.05, 3.63) is 71.7 Å². The molecule has 0 saturated heterocycles. The minimum atomic E-state index is -0.463. The first-order chi connectivity index (χ1) is 8.69. The predicted molar refractivity (Wildman–Crippen MR) is 81.5 cm³/mol. The largest absolute Gasteiger partial charge is 0.387 e. The van der Waals surface area contributed by atoms with E-state index in [0.717, 1.165) is 10.5 Å². The molecule has 1 nitrogen and oxygen atoms in total. The van der Waals surface area contributed by atoms with Crippen molar-refractivity contribution in [2.75, 3.05) is 0 Å². The van der Waals surface area contributed by atoms with E-state index in [1.807, 2.05) is 62.4 Å². The summed E-state index contributed by atoms with van der Waals surface area (Å²) in [6.07, 6.45) is 7.28. The molecule has 0 fully saturated rings. The Labute approximate surface area is 114 Å². The lowest BCUT2D eigenvalue weighted by molar-refractivity contribution is 0.179. The molecule has 2 unspecified atom stereocenters. The van der Waals surface area contributed by atoms with Crippen molar-refractivity contribution in [2.24, 2.45) is 0 Å². The Bertz CT molecular complexity index is 420. The van der Waals surface area contributed by atoms with Gasteiger partial charge in [-0.2, -0.15) is 0 Å². The summed E-state index contributed by atoms with van der Waals surface area (Å²) < 4.78 is 0. The number of thioether (sulfide) groups is 1. The Morgan fingerprint density at radius 1 is 1.33 bits per heavy atom. The lowest BCUT2D eigenvalue weighted by Crippen LogP contribution is -2.11. The first-order valence-corrected chi connectivity index (χ1v) is 6.92. The Morgan fingerprint density at radius 2 is 2.00 bits per heavy atom. The molecule has 0 saturated carbocycles. The quantitative estimate of drug-likeness (QED) is 0.761. The van der Waals surface area contributed by atoms with Crippen molar-refractivity contribution in [3.8, 4) is 0 Å². The van der Waals surface area contributed by atoms with Crippen LogP contribution in [-0.2, 0) is 0 Å². The summed E-state index contributed by atoms with van der Waals surface area (Å²) in [7, 11) is 0. The number of allylic oxidation sites excluding steroid dienone is 4. The molecule has 2 heteroatoms. The Morgan fingerprint density at radius 3 is 2.56 bits per heavy atom. The number of benzene rings is 1. The van der Waals surface area contributed by atoms with Gasteiger partial charge in [0.25, 0.3) is 0 Å². The second-order valence-corrected chi connectivity index (χ2v) is 5.43. The normalized spacial score (nSPS) is 15.6. The summed E-state index contributed by atoms with van der Waals surface area (Å²) in [6.45, 7) is 7.72. The molecule has 0 aliphatic carbocycles. The smallest absolute Gasteiger partial charge is 0.0909 e. The van der Waals surface area contributed by atoms with Crippen molar-refractivity contribution >= 4 is 11.8 Å². The Kier molecular flexibility index (Phi) is 6.55. The van der Waals surface area contributed by atoms with E-state index in [0.29, 0.717) is 0 Å². The first kappa shape index (κ1) is 14.8. The van der Waals surface area contributed by atoms with Gasteiger partial charge >= 0.3 is 0 Å². The number of hydrogen-bond acceptors (Lipinski definition) is 2. The number of aliphatic hydroxyl groups excluding tert-OH is 1. The summed E-state index contributed by atoms with van der Waals surface area (Å²) in [5, 5.41) is 10.4. The molecule has 0 aromatic heterocycles. The zero-order valence-electron chi connectivity index (χ0n) is 10.9. The molecule has 0 radical (unpaired) electrons. The summed E-state index contributed by atoms with van der Waals surface area (Å²) in [5.41, 5.74) is 0.955. The van der Waals surface area contributed by atoms with Crippen LogP contribution in [0, 0.1) is 0 Å². The molecular formula is C16H20OS. The highest BCUT2D eigenvalue weighted by molar-refractivity contribution is 8.03. The van der Waals surface area contributed by atoms with E-state index < -0.39 is 6.10 Å². The summed E-state index contributed by atoms with van der Waals surface area (Å²) in [6, 6.07) is 9.75. The highest BCUT2D eigenvalue weighted by atomic mass is 32.2. The zero-order chi connectivity index (χ0) is 13.4. The number of aliphatic hydroxyl groups is 1. The van der Waals surface area contributed by atoms with E-state index >= 15 is 0 Å². The average Bonchev–Trinajstić information content (AvgIpc) is 2.39. The van der Waals surface area contributed by atoms with Gasteiger partial charge in [-0.25, -0.2) is 0 Å². The first-order valence-electron chi connectivity index (χ1n) is 6.04. The predicted octanol–water partition coefficient (Wildman–Crippen LogP) is 4.49. The summed E-state index contributed by atoms with van der Waals surface area (Å²) in [4.78, 5) is 1.11. The van der Waals surface area contributed by atoms with Crippen LogP contribution in [0.15, 0.2) is 66.1 Å². The van der Waals surface area contributed by atoms with Crippen LogP contribution in [0.1, 0.15) is 25.5 Å². The van der Waals surface area contributed by atoms with Gasteiger partial charge in [0.05, 0.1) is 6.10 Å². The van der Waals surface area contributed by atoms with Crippen LogP contribution in [0.4, 0.5) is 0 Å². The molecule has 0 aliphatic rings. The number of rotatable bonds is 6. The van der Waals surface area contributed by atoms with E-state index in [2.05, 4.69) is 6.58 Å². The molecule has 0 bridgehead atoms. The maximum atomic E-state index is 10.3. The van der Waals surface area contributed by atoms with E-state index in [1.165, 1.54) is 0 Å². The standard InChI is InChI=1S/C16H20OS/c1-4-9-15(10-5-2)18-13(3)16(17)14-11-7-6-8-12-14/h4-13,16-17H,1H2,2-3H3/b10-5-,15-9+. The fraction of sp³-hybridized carbons (Fsp3) is 0.250. The van der Waals surface area contributed by atoms with Crippen molar-refractivity contribution in [1.29, 1.82) is 0 Å². The van der Waals surface area contributed by atoms with Crippen LogP contribution in [0.3, 0.4) is 0 Å². The fourth-order valence-electron chi connectivity index (χ4n) is 1.61. The topological polar surface area (TPSA) is 20.2 Å². The minimum absolute atomic E-state index is 0.0924. The Hall–Kier alpha value is -1.25. The van der Waals surface area contributed by atoms with E-state index in [-0.39, 0.29) is 5.25 Å². The minimum Gasteiger partial charge on any atom is -0.387 e. The molecule has 0 amide bonds. The molecule has 1 aromatic rings. The van der Waals surface area contributed by atoms with Crippen LogP contribution < -0.4 is 0 Å². The lowest BCUT2D eigenvalue weighted by atomic mass is 10.1. The monoisotopic (exact) mass is 260 g/mol. The SMILES string of the molecule is C=C/C=C(\C=C/C)SC(C)C(O)c1ccccc1. The molecule has 0 aliphatic heterocycles. The highest BCUT2D eigenvalue weighted by Crippen LogP contribution is 2.31. The zero-order valence-corrected chi connectivity index (χ0v) is 11.7. The van der Waals surface area contributed by atoms with Gasteiger partial charge in [0.2, 0.25) is 0 Å². The molecule has 1 N–H and O–H groups in total. The van der Waals surface area contributed by atoms with Gasteiger partial charge in [-0.15, -0.1) is 11.8 Å². The summed E-state index contributed by atoms with van der Waals surface area (Å²) in [5.74, 6) is 0. The van der Waals surface area contributed by atoms with Crippen LogP contribution in [0.2, 0.25) is 0 Å². The third-order valence-electron chi connectivity index (χ3n) is 2.52. The van der Waals surface area contributed by atoms with Crippen LogP contribution in [0.5, 0.6) is 0 Å². The third kappa shape index (κ3) is 4.55. The van der Waals surface area contributed by atoms with Gasteiger partial charge in [-0.3, -0.25) is 0 Å². The Balaban J connectivity index is 2.72. The highest BCUT2D eigenvalue weighted by Gasteiger charge is 2.17. The van der Waals surface area contributed by atoms with Crippen molar-refractivity contribution < 1.29 is 5.11 Å². The molecule has 18 heavy (non-hydrogen) atoms. The lowest BCUT2D eigenvalue weighted by Gasteiger charge is -2.19. The molecule has 0 heterocycles. The van der Waals surface area contributed by atoms with Crippen molar-refractivity contribution in [1.82, 2.24) is 0 Å².